The molecule has 1 aromatic carbocycles. The second-order valence-electron chi connectivity index (χ2n) is 7.66. The van der Waals surface area contributed by atoms with E-state index in [0.29, 0.717) is 5.56 Å². The number of methoxy groups -OCH3 is 1. The molecule has 0 aliphatic heterocycles. The van der Waals surface area contributed by atoms with Crippen LogP contribution in [0, 0.1) is 0 Å². The third-order valence-corrected chi connectivity index (χ3v) is 4.01. The lowest BCUT2D eigenvalue weighted by molar-refractivity contribution is -0.137. The van der Waals surface area contributed by atoms with Gasteiger partial charge in [-0.3, -0.25) is 0 Å². The molecule has 0 fully saturated rings. The van der Waals surface area contributed by atoms with Crippen molar-refractivity contribution in [2.45, 2.75) is 51.6 Å². The smallest absolute Gasteiger partial charge is 0.416 e. The maximum Gasteiger partial charge on any atom is 0.416 e. The van der Waals surface area contributed by atoms with Crippen LogP contribution in [0.1, 0.15) is 42.4 Å². The first kappa shape index (κ1) is 23.2. The van der Waals surface area contributed by atoms with Gasteiger partial charge in [0.15, 0.2) is 0 Å². The maximum atomic E-state index is 12.8. The topological polar surface area (TPSA) is 82.5 Å². The van der Waals surface area contributed by atoms with Gasteiger partial charge in [-0.15, -0.1) is 0 Å². The Morgan fingerprint density at radius 2 is 1.80 bits per heavy atom. The molecule has 1 atom stereocenters. The standard InChI is InChI=1S/C20H24F3N3O4/c1-19(2,3)30-18(28)25-15(11-26-12-24-10-16(26)17(27)29-4)9-13-5-7-14(8-6-13)20(21,22)23/h5-8,10,12,15H,9,11H2,1-4H3,(H,25,28)/t15-/m0/s1. The van der Waals surface area contributed by atoms with Crippen molar-refractivity contribution in [1.29, 1.82) is 0 Å². The Morgan fingerprint density at radius 3 is 2.33 bits per heavy atom. The number of imidazole rings is 1. The summed E-state index contributed by atoms with van der Waals surface area (Å²) in [7, 11) is 1.23. The zero-order chi connectivity index (χ0) is 22.5. The lowest BCUT2D eigenvalue weighted by Gasteiger charge is -2.24. The highest BCUT2D eigenvalue weighted by Gasteiger charge is 2.30. The summed E-state index contributed by atoms with van der Waals surface area (Å²) in [6.07, 6.45) is -2.18. The first-order chi connectivity index (χ1) is 13.9. The van der Waals surface area contributed by atoms with Crippen LogP contribution >= 0.6 is 0 Å². The molecule has 2 aromatic rings. The van der Waals surface area contributed by atoms with Crippen molar-refractivity contribution >= 4 is 12.1 Å². The molecule has 10 heteroatoms. The van der Waals surface area contributed by atoms with E-state index in [4.69, 9.17) is 9.47 Å². The van der Waals surface area contributed by atoms with Crippen molar-refractivity contribution in [1.82, 2.24) is 14.9 Å². The van der Waals surface area contributed by atoms with Gasteiger partial charge in [0, 0.05) is 6.54 Å². The molecular weight excluding hydrogens is 403 g/mol. The van der Waals surface area contributed by atoms with E-state index in [-0.39, 0.29) is 18.7 Å². The number of amides is 1. The number of nitrogens with one attached hydrogen (secondary N) is 1. The van der Waals surface area contributed by atoms with Crippen LogP contribution in [0.2, 0.25) is 0 Å². The van der Waals surface area contributed by atoms with Crippen LogP contribution < -0.4 is 5.32 Å². The van der Waals surface area contributed by atoms with Gasteiger partial charge in [-0.05, 0) is 44.9 Å². The highest BCUT2D eigenvalue weighted by molar-refractivity contribution is 5.87. The number of aromatic nitrogens is 2. The zero-order valence-electron chi connectivity index (χ0n) is 17.1. The van der Waals surface area contributed by atoms with E-state index in [1.54, 1.807) is 20.8 Å². The third-order valence-electron chi connectivity index (χ3n) is 4.01. The summed E-state index contributed by atoms with van der Waals surface area (Å²) in [5.41, 5.74) is -0.731. The molecule has 0 aliphatic carbocycles. The fourth-order valence-electron chi connectivity index (χ4n) is 2.73. The molecule has 0 bridgehead atoms. The SMILES string of the molecule is COC(=O)c1cncn1C[C@H](Cc1ccc(C(F)(F)F)cc1)NC(=O)OC(C)(C)C. The quantitative estimate of drug-likeness (QED) is 0.709. The van der Waals surface area contributed by atoms with Crippen molar-refractivity contribution < 1.29 is 32.2 Å². The number of rotatable bonds is 6. The Balaban J connectivity index is 2.22. The lowest BCUT2D eigenvalue weighted by atomic mass is 10.0. The van der Waals surface area contributed by atoms with E-state index in [9.17, 15) is 22.8 Å². The number of alkyl carbamates (subject to hydrolysis) is 1. The van der Waals surface area contributed by atoms with Crippen molar-refractivity contribution in [3.05, 3.63) is 53.6 Å². The first-order valence-electron chi connectivity index (χ1n) is 9.13. The molecule has 0 saturated carbocycles. The molecule has 1 amide bonds. The van der Waals surface area contributed by atoms with Gasteiger partial charge < -0.3 is 19.4 Å². The molecule has 1 heterocycles. The first-order valence-corrected chi connectivity index (χ1v) is 9.13. The summed E-state index contributed by atoms with van der Waals surface area (Å²) in [6, 6.07) is 4.08. The van der Waals surface area contributed by atoms with Gasteiger partial charge in [0.25, 0.3) is 0 Å². The van der Waals surface area contributed by atoms with Gasteiger partial charge in [-0.25, -0.2) is 14.6 Å². The van der Waals surface area contributed by atoms with Crippen LogP contribution in [0.5, 0.6) is 0 Å². The molecule has 164 valence electrons. The van der Waals surface area contributed by atoms with Crippen molar-refractivity contribution in [3.8, 4) is 0 Å². The number of halogens is 3. The summed E-state index contributed by atoms with van der Waals surface area (Å²) in [5, 5.41) is 2.71. The molecule has 1 N–H and O–H groups in total. The van der Waals surface area contributed by atoms with Crippen molar-refractivity contribution in [2.75, 3.05) is 7.11 Å². The predicted octanol–water partition coefficient (Wildman–Crippen LogP) is 3.82. The molecule has 1 aromatic heterocycles. The maximum absolute atomic E-state index is 12.8. The number of carbonyl (C=O) groups excluding carboxylic acids is 2. The number of benzene rings is 1. The molecule has 2 rings (SSSR count). The summed E-state index contributed by atoms with van der Waals surface area (Å²) in [5.74, 6) is -0.599. The van der Waals surface area contributed by atoms with Crippen LogP contribution in [0.4, 0.5) is 18.0 Å². The van der Waals surface area contributed by atoms with E-state index >= 15 is 0 Å². The Hall–Kier alpha value is -3.04. The van der Waals surface area contributed by atoms with E-state index in [2.05, 4.69) is 10.3 Å². The largest absolute Gasteiger partial charge is 0.464 e. The van der Waals surface area contributed by atoms with Crippen LogP contribution in [-0.4, -0.2) is 40.4 Å². The highest BCUT2D eigenvalue weighted by Crippen LogP contribution is 2.29. The predicted molar refractivity (Wildman–Crippen MR) is 102 cm³/mol. The molecule has 7 nitrogen and oxygen atoms in total. The third kappa shape index (κ3) is 6.78. The Kier molecular flexibility index (Phi) is 7.12. The van der Waals surface area contributed by atoms with Gasteiger partial charge in [0.2, 0.25) is 0 Å². The second kappa shape index (κ2) is 9.19. The van der Waals surface area contributed by atoms with E-state index in [1.165, 1.54) is 36.3 Å². The number of alkyl halides is 3. The van der Waals surface area contributed by atoms with Gasteiger partial charge >= 0.3 is 18.2 Å². The molecule has 0 saturated heterocycles. The number of nitrogens with zero attached hydrogens (tertiary/aromatic N) is 2. The van der Waals surface area contributed by atoms with Crippen LogP contribution in [0.25, 0.3) is 0 Å². The van der Waals surface area contributed by atoms with Gasteiger partial charge in [0.05, 0.1) is 31.2 Å². The fraction of sp³-hybridized carbons (Fsp3) is 0.450. The van der Waals surface area contributed by atoms with Crippen LogP contribution in [0.3, 0.4) is 0 Å². The number of hydrogen-bond acceptors (Lipinski definition) is 5. The molecule has 0 radical (unpaired) electrons. The molecule has 0 spiro atoms. The van der Waals surface area contributed by atoms with Crippen LogP contribution in [-0.2, 0) is 28.6 Å². The van der Waals surface area contributed by atoms with E-state index in [1.807, 2.05) is 0 Å². The molecule has 30 heavy (non-hydrogen) atoms. The van der Waals surface area contributed by atoms with Gasteiger partial charge in [0.1, 0.15) is 11.3 Å². The number of ether oxygens (including phenoxy) is 2. The number of hydrogen-bond donors (Lipinski definition) is 1. The average Bonchev–Trinajstić information content (AvgIpc) is 3.07. The Bertz CT molecular complexity index is 871. The van der Waals surface area contributed by atoms with E-state index < -0.39 is 35.4 Å². The minimum Gasteiger partial charge on any atom is -0.464 e. The monoisotopic (exact) mass is 427 g/mol. The Labute approximate surface area is 172 Å². The summed E-state index contributed by atoms with van der Waals surface area (Å²) in [6.45, 7) is 5.26. The summed E-state index contributed by atoms with van der Waals surface area (Å²) in [4.78, 5) is 28.0. The molecule has 0 unspecified atom stereocenters. The van der Waals surface area contributed by atoms with Crippen LogP contribution in [0.15, 0.2) is 36.8 Å². The van der Waals surface area contributed by atoms with Gasteiger partial charge in [-0.1, -0.05) is 12.1 Å². The normalized spacial score (nSPS) is 12.9. The number of esters is 1. The van der Waals surface area contributed by atoms with E-state index in [0.717, 1.165) is 12.1 Å². The fourth-order valence-corrected chi connectivity index (χ4v) is 2.73. The molecule has 0 aliphatic rings. The minimum absolute atomic E-state index is 0.130. The van der Waals surface area contributed by atoms with Crippen molar-refractivity contribution in [3.63, 3.8) is 0 Å². The lowest BCUT2D eigenvalue weighted by Crippen LogP contribution is -2.42. The van der Waals surface area contributed by atoms with Crippen molar-refractivity contribution in [2.24, 2.45) is 0 Å². The molecular formula is C20H24F3N3O4. The number of carbonyl (C=O) groups is 2. The second-order valence-corrected chi connectivity index (χ2v) is 7.66. The minimum atomic E-state index is -4.43. The average molecular weight is 427 g/mol. The summed E-state index contributed by atoms with van der Waals surface area (Å²) >= 11 is 0. The Morgan fingerprint density at radius 1 is 1.17 bits per heavy atom. The zero-order valence-corrected chi connectivity index (χ0v) is 17.1. The van der Waals surface area contributed by atoms with Gasteiger partial charge in [-0.2, -0.15) is 13.2 Å². The summed E-state index contributed by atoms with van der Waals surface area (Å²) < 4.78 is 49.8. The highest BCUT2D eigenvalue weighted by atomic mass is 19.4.